The first-order valence-electron chi connectivity index (χ1n) is 24.6. The van der Waals surface area contributed by atoms with Crippen molar-refractivity contribution in [1.29, 1.82) is 0 Å². The molecule has 5 amide bonds. The second-order valence-electron chi connectivity index (χ2n) is 19.4. The number of nitrogens with zero attached hydrogens (tertiary/aromatic N) is 10. The molecule has 0 aliphatic carbocycles. The molecule has 2 unspecified atom stereocenters. The number of piperidine rings is 4. The summed E-state index contributed by atoms with van der Waals surface area (Å²) < 4.78 is 8.12. The van der Waals surface area contributed by atoms with E-state index in [1.54, 1.807) is 4.90 Å². The fourth-order valence-corrected chi connectivity index (χ4v) is 11.6. The summed E-state index contributed by atoms with van der Waals surface area (Å²) in [5, 5.41) is 8.33. The van der Waals surface area contributed by atoms with Crippen molar-refractivity contribution in [2.75, 3.05) is 82.6 Å². The molecule has 3 aromatic carbocycles. The highest BCUT2D eigenvalue weighted by molar-refractivity contribution is 6.05. The van der Waals surface area contributed by atoms with Crippen LogP contribution >= 0.6 is 0 Å². The molecule has 2 atom stereocenters. The fourth-order valence-electron chi connectivity index (χ4n) is 11.6. The predicted octanol–water partition coefficient (Wildman–Crippen LogP) is 5.38. The minimum Gasteiger partial charge on any atom is -0.457 e. The molecule has 3 N–H and O–H groups in total. The zero-order valence-electron chi connectivity index (χ0n) is 38.5. The van der Waals surface area contributed by atoms with Crippen LogP contribution in [-0.4, -0.2) is 152 Å². The van der Waals surface area contributed by atoms with Crippen LogP contribution in [0.5, 0.6) is 11.5 Å². The maximum absolute atomic E-state index is 13.8. The lowest BCUT2D eigenvalue weighted by Gasteiger charge is -2.44. The van der Waals surface area contributed by atoms with E-state index in [0.29, 0.717) is 36.3 Å². The van der Waals surface area contributed by atoms with Crippen LogP contribution in [0, 0.1) is 5.92 Å². The van der Waals surface area contributed by atoms with Gasteiger partial charge in [-0.15, -0.1) is 0 Å². The van der Waals surface area contributed by atoms with Gasteiger partial charge < -0.3 is 35.0 Å². The molecule has 5 aromatic rings. The molecule has 6 aliphatic heterocycles. The number of benzene rings is 3. The van der Waals surface area contributed by atoms with Gasteiger partial charge in [0.2, 0.25) is 11.8 Å². The Bertz CT molecular complexity index is 2670. The number of nitrogens with two attached hydrogens (primary N) is 1. The first-order valence-corrected chi connectivity index (χ1v) is 24.6. The Balaban J connectivity index is 0.634. The van der Waals surface area contributed by atoms with E-state index in [1.807, 2.05) is 66.7 Å². The predicted molar refractivity (Wildman–Crippen MR) is 257 cm³/mol. The third-order valence-corrected chi connectivity index (χ3v) is 15.3. The highest BCUT2D eigenvalue weighted by Crippen LogP contribution is 2.36. The third-order valence-electron chi connectivity index (χ3n) is 15.3. The van der Waals surface area contributed by atoms with Crippen LogP contribution in [0.25, 0.3) is 22.3 Å². The largest absolute Gasteiger partial charge is 0.457 e. The Hall–Kier alpha value is -6.59. The van der Waals surface area contributed by atoms with Crippen molar-refractivity contribution in [1.82, 2.24) is 49.6 Å². The number of anilines is 2. The lowest BCUT2D eigenvalue weighted by atomic mass is 9.94. The molecule has 0 spiro atoms. The molecule has 0 radical (unpaired) electrons. The smallest absolute Gasteiger partial charge is 0.319 e. The van der Waals surface area contributed by atoms with Crippen LogP contribution in [0.3, 0.4) is 0 Å². The first kappa shape index (κ1) is 43.9. The molecule has 2 aromatic heterocycles. The van der Waals surface area contributed by atoms with E-state index in [0.717, 1.165) is 156 Å². The Morgan fingerprint density at radius 3 is 2.25 bits per heavy atom. The number of carbonyl (C=O) groups excluding carboxylic acids is 4. The second-order valence-corrected chi connectivity index (χ2v) is 19.4. The molecule has 17 heteroatoms. The number of imide groups is 1. The molecule has 17 nitrogen and oxygen atoms in total. The summed E-state index contributed by atoms with van der Waals surface area (Å²) in [5.41, 5.74) is 11.6. The number of hydrogen-bond acceptors (Lipinski definition) is 12. The standard InChI is InChI=1S/C51H60N12O5/c52-47-45-46(35-8-11-41(12-9-35)68-40-6-2-1-3-7-40)56-63(48(45)54-33-53-47)39-5-4-20-57(32-39)30-34-16-21-60(22-17-34)51(67)61-23-18-37(19-24-61)58-25-27-59(28-26-58)38-10-13-42-36(29-38)31-62(50(42)66)43-14-15-44(64)55-49(43)65/h1-3,6-13,29,33-34,37,39,43H,4-5,14-28,30-32H2,(H2,52,53,54)(H,55,64,65). The van der Waals surface area contributed by atoms with Crippen molar-refractivity contribution in [3.8, 4) is 22.8 Å². The highest BCUT2D eigenvalue weighted by atomic mass is 16.5. The van der Waals surface area contributed by atoms with Crippen molar-refractivity contribution < 1.29 is 23.9 Å². The topological polar surface area (TPSA) is 179 Å². The van der Waals surface area contributed by atoms with Gasteiger partial charge >= 0.3 is 6.03 Å². The summed E-state index contributed by atoms with van der Waals surface area (Å²) >= 11 is 0. The molecular weight excluding hydrogens is 861 g/mol. The number of para-hydroxylation sites is 1. The van der Waals surface area contributed by atoms with Gasteiger partial charge in [-0.25, -0.2) is 19.4 Å². The summed E-state index contributed by atoms with van der Waals surface area (Å²) in [6.07, 6.45) is 8.20. The van der Waals surface area contributed by atoms with Gasteiger partial charge in [0, 0.05) is 101 Å². The maximum Gasteiger partial charge on any atom is 0.319 e. The number of ether oxygens (including phenoxy) is 1. The summed E-state index contributed by atoms with van der Waals surface area (Å²) in [6, 6.07) is 23.9. The molecule has 11 rings (SSSR count). The Kier molecular flexibility index (Phi) is 12.2. The quantitative estimate of drug-likeness (QED) is 0.181. The van der Waals surface area contributed by atoms with E-state index in [2.05, 4.69) is 45.5 Å². The fraction of sp³-hybridized carbons (Fsp3) is 0.471. The third kappa shape index (κ3) is 8.84. The van der Waals surface area contributed by atoms with E-state index < -0.39 is 6.04 Å². The Morgan fingerprint density at radius 2 is 1.50 bits per heavy atom. The highest BCUT2D eigenvalue weighted by Gasteiger charge is 2.40. The Labute approximate surface area is 396 Å². The number of nitrogens with one attached hydrogen (secondary N) is 1. The number of fused-ring (bicyclic) bond motifs is 2. The monoisotopic (exact) mass is 920 g/mol. The molecule has 8 heterocycles. The van der Waals surface area contributed by atoms with Gasteiger partial charge in [0.1, 0.15) is 35.4 Å². The van der Waals surface area contributed by atoms with E-state index >= 15 is 0 Å². The number of amides is 5. The average Bonchev–Trinajstić information content (AvgIpc) is 3.93. The van der Waals surface area contributed by atoms with Crippen molar-refractivity contribution >= 4 is 46.3 Å². The van der Waals surface area contributed by atoms with Gasteiger partial charge in [0.05, 0.1) is 11.4 Å². The number of aromatic nitrogens is 4. The van der Waals surface area contributed by atoms with E-state index in [9.17, 15) is 19.2 Å². The van der Waals surface area contributed by atoms with Gasteiger partial charge in [0.15, 0.2) is 5.65 Å². The van der Waals surface area contributed by atoms with E-state index in [-0.39, 0.29) is 36.2 Å². The number of nitrogen functional groups attached to an aromatic ring is 1. The minimum atomic E-state index is -0.609. The SMILES string of the molecule is Nc1ncnc2c1c(-c1ccc(Oc3ccccc3)cc1)nn2C1CCCN(CC2CCN(C(=O)N3CCC(N4CCN(c5ccc6c(c5)CN(C5CCC(=O)NC5=O)C6=O)CC4)CC3)CC2)C1. The van der Waals surface area contributed by atoms with E-state index in [1.165, 1.54) is 6.33 Å². The average molecular weight is 921 g/mol. The van der Waals surface area contributed by atoms with Gasteiger partial charge in [-0.05, 0) is 118 Å². The van der Waals surface area contributed by atoms with Crippen LogP contribution in [0.15, 0.2) is 79.1 Å². The number of likely N-dealkylation sites (tertiary alicyclic amines) is 3. The normalized spacial score (nSPS) is 22.5. The van der Waals surface area contributed by atoms with Crippen LogP contribution < -0.4 is 20.7 Å². The zero-order chi connectivity index (χ0) is 46.3. The lowest BCUT2D eigenvalue weighted by molar-refractivity contribution is -0.136. The number of carbonyl (C=O) groups is 4. The van der Waals surface area contributed by atoms with Crippen molar-refractivity contribution in [3.63, 3.8) is 0 Å². The van der Waals surface area contributed by atoms with Crippen LogP contribution in [-0.2, 0) is 16.1 Å². The summed E-state index contributed by atoms with van der Waals surface area (Å²) in [6.45, 7) is 10.2. The number of rotatable bonds is 9. The van der Waals surface area contributed by atoms with Crippen molar-refractivity contribution in [3.05, 3.63) is 90.3 Å². The number of hydrogen-bond donors (Lipinski definition) is 2. The van der Waals surface area contributed by atoms with Crippen LogP contribution in [0.4, 0.5) is 16.3 Å². The second kappa shape index (κ2) is 18.8. The minimum absolute atomic E-state index is 0.142. The Morgan fingerprint density at radius 1 is 0.765 bits per heavy atom. The molecule has 0 bridgehead atoms. The van der Waals surface area contributed by atoms with Gasteiger partial charge in [0.25, 0.3) is 5.91 Å². The zero-order valence-corrected chi connectivity index (χ0v) is 38.5. The maximum atomic E-state index is 13.8. The first-order chi connectivity index (χ1) is 33.2. The molecular formula is C51H60N12O5. The van der Waals surface area contributed by atoms with Crippen molar-refractivity contribution in [2.24, 2.45) is 5.92 Å². The molecule has 354 valence electrons. The van der Waals surface area contributed by atoms with Crippen LogP contribution in [0.1, 0.15) is 73.3 Å². The summed E-state index contributed by atoms with van der Waals surface area (Å²) in [4.78, 5) is 73.6. The molecule has 6 aliphatic rings. The molecule has 68 heavy (non-hydrogen) atoms. The lowest BCUT2D eigenvalue weighted by Crippen LogP contribution is -2.55. The van der Waals surface area contributed by atoms with E-state index in [4.69, 9.17) is 20.6 Å². The van der Waals surface area contributed by atoms with Gasteiger partial charge in [-0.1, -0.05) is 18.2 Å². The van der Waals surface area contributed by atoms with Gasteiger partial charge in [-0.2, -0.15) is 5.10 Å². The van der Waals surface area contributed by atoms with Crippen molar-refractivity contribution in [2.45, 2.75) is 76.0 Å². The van der Waals surface area contributed by atoms with Crippen LogP contribution in [0.2, 0.25) is 0 Å². The number of urea groups is 1. The number of piperazine rings is 1. The molecule has 5 fully saturated rings. The van der Waals surface area contributed by atoms with Gasteiger partial charge in [-0.3, -0.25) is 24.6 Å². The molecule has 5 saturated heterocycles. The molecule has 0 saturated carbocycles. The summed E-state index contributed by atoms with van der Waals surface area (Å²) in [5.74, 6) is 1.68. The summed E-state index contributed by atoms with van der Waals surface area (Å²) in [7, 11) is 0.